The molecule has 1 saturated heterocycles. The van der Waals surface area contributed by atoms with Gasteiger partial charge in [-0.1, -0.05) is 13.8 Å². The fourth-order valence-corrected chi connectivity index (χ4v) is 2.23. The van der Waals surface area contributed by atoms with Crippen molar-refractivity contribution in [1.82, 2.24) is 5.32 Å². The molecule has 2 atom stereocenters. The zero-order chi connectivity index (χ0) is 6.91. The van der Waals surface area contributed by atoms with Gasteiger partial charge in [0, 0.05) is 6.04 Å². The van der Waals surface area contributed by atoms with Gasteiger partial charge >= 0.3 is 0 Å². The smallest absolute Gasteiger partial charge is 0.0153 e. The fraction of sp³-hybridized carbons (Fsp3) is 1.00. The molecule has 0 bridgehead atoms. The Balaban J connectivity index is 2.52. The maximum atomic E-state index is 3.48. The van der Waals surface area contributed by atoms with Gasteiger partial charge in [0.15, 0.2) is 0 Å². The van der Waals surface area contributed by atoms with Crippen LogP contribution in [0.1, 0.15) is 20.3 Å². The van der Waals surface area contributed by atoms with Crippen LogP contribution in [0.4, 0.5) is 0 Å². The first-order chi connectivity index (χ1) is 4.17. The van der Waals surface area contributed by atoms with Crippen LogP contribution in [0, 0.1) is 5.41 Å². The Morgan fingerprint density at radius 1 is 1.67 bits per heavy atom. The van der Waals surface area contributed by atoms with E-state index in [0.717, 1.165) is 6.04 Å². The zero-order valence-electron chi connectivity index (χ0n) is 6.28. The van der Waals surface area contributed by atoms with E-state index >= 15 is 0 Å². The van der Waals surface area contributed by atoms with Crippen molar-refractivity contribution in [1.29, 1.82) is 0 Å². The Bertz CT molecular complexity index is 101. The SMILES string of the molecule is CC1(C)CCNC1CP. The van der Waals surface area contributed by atoms with Gasteiger partial charge < -0.3 is 5.32 Å². The average molecular weight is 145 g/mol. The normalized spacial score (nSPS) is 33.0. The van der Waals surface area contributed by atoms with E-state index in [4.69, 9.17) is 0 Å². The lowest BCUT2D eigenvalue weighted by molar-refractivity contribution is 0.337. The standard InChI is InChI=1S/C7H16NP/c1-7(2)3-4-8-6(7)5-9/h6,8H,3-5,9H2,1-2H3. The predicted octanol–water partition coefficient (Wildman–Crippen LogP) is 1.25. The summed E-state index contributed by atoms with van der Waals surface area (Å²) in [5.74, 6) is 0. The molecule has 1 aliphatic heterocycles. The number of nitrogens with one attached hydrogen (secondary N) is 1. The van der Waals surface area contributed by atoms with Gasteiger partial charge in [-0.2, -0.15) is 0 Å². The molecule has 2 unspecified atom stereocenters. The Labute approximate surface area is 59.8 Å². The van der Waals surface area contributed by atoms with Crippen molar-refractivity contribution >= 4 is 9.24 Å². The molecule has 1 heterocycles. The van der Waals surface area contributed by atoms with Crippen LogP contribution in [0.25, 0.3) is 0 Å². The highest BCUT2D eigenvalue weighted by molar-refractivity contribution is 7.16. The fourth-order valence-electron chi connectivity index (χ4n) is 1.42. The first-order valence-electron chi connectivity index (χ1n) is 3.60. The van der Waals surface area contributed by atoms with E-state index in [1.165, 1.54) is 19.1 Å². The third-order valence-electron chi connectivity index (χ3n) is 2.34. The molecule has 0 aliphatic carbocycles. The molecule has 0 aromatic carbocycles. The lowest BCUT2D eigenvalue weighted by Gasteiger charge is -2.24. The van der Waals surface area contributed by atoms with E-state index in [0.29, 0.717) is 5.41 Å². The second-order valence-corrected chi connectivity index (χ2v) is 3.95. The number of rotatable bonds is 1. The van der Waals surface area contributed by atoms with Crippen molar-refractivity contribution in [3.8, 4) is 0 Å². The van der Waals surface area contributed by atoms with Crippen molar-refractivity contribution in [3.63, 3.8) is 0 Å². The van der Waals surface area contributed by atoms with Crippen LogP contribution in [0.2, 0.25) is 0 Å². The first-order valence-corrected chi connectivity index (χ1v) is 4.42. The van der Waals surface area contributed by atoms with Gasteiger partial charge in [-0.15, -0.1) is 9.24 Å². The van der Waals surface area contributed by atoms with Gasteiger partial charge in [-0.05, 0) is 24.5 Å². The Hall–Kier alpha value is 0.390. The van der Waals surface area contributed by atoms with E-state index < -0.39 is 0 Å². The summed E-state index contributed by atoms with van der Waals surface area (Å²) < 4.78 is 0. The molecular weight excluding hydrogens is 129 g/mol. The van der Waals surface area contributed by atoms with E-state index in [-0.39, 0.29) is 0 Å². The molecule has 0 spiro atoms. The highest BCUT2D eigenvalue weighted by Crippen LogP contribution is 2.30. The molecule has 9 heavy (non-hydrogen) atoms. The van der Waals surface area contributed by atoms with Gasteiger partial charge in [0.05, 0.1) is 0 Å². The van der Waals surface area contributed by atoms with Gasteiger partial charge in [0.25, 0.3) is 0 Å². The molecule has 1 rings (SSSR count). The second kappa shape index (κ2) is 2.56. The maximum absolute atomic E-state index is 3.48. The molecule has 1 N–H and O–H groups in total. The van der Waals surface area contributed by atoms with Crippen molar-refractivity contribution in [3.05, 3.63) is 0 Å². The summed E-state index contributed by atoms with van der Waals surface area (Å²) in [6.07, 6.45) is 2.51. The lowest BCUT2D eigenvalue weighted by atomic mass is 9.86. The summed E-state index contributed by atoms with van der Waals surface area (Å²) in [6.45, 7) is 5.87. The minimum Gasteiger partial charge on any atom is -0.313 e. The largest absolute Gasteiger partial charge is 0.313 e. The van der Waals surface area contributed by atoms with Crippen LogP contribution >= 0.6 is 9.24 Å². The molecular formula is C7H16NP. The molecule has 0 radical (unpaired) electrons. The highest BCUT2D eigenvalue weighted by Gasteiger charge is 2.32. The van der Waals surface area contributed by atoms with Crippen molar-refractivity contribution < 1.29 is 0 Å². The van der Waals surface area contributed by atoms with Crippen LogP contribution < -0.4 is 5.32 Å². The highest BCUT2D eigenvalue weighted by atomic mass is 31.0. The van der Waals surface area contributed by atoms with E-state index in [1.54, 1.807) is 0 Å². The van der Waals surface area contributed by atoms with Crippen molar-refractivity contribution in [2.45, 2.75) is 26.3 Å². The third-order valence-corrected chi connectivity index (χ3v) is 2.81. The van der Waals surface area contributed by atoms with Gasteiger partial charge in [0.1, 0.15) is 0 Å². The molecule has 1 nitrogen and oxygen atoms in total. The van der Waals surface area contributed by atoms with Crippen molar-refractivity contribution in [2.75, 3.05) is 12.7 Å². The zero-order valence-corrected chi connectivity index (χ0v) is 7.43. The minimum absolute atomic E-state index is 0.530. The summed E-state index contributed by atoms with van der Waals surface area (Å²) in [6, 6.07) is 0.725. The third kappa shape index (κ3) is 1.45. The number of hydrogen-bond acceptors (Lipinski definition) is 1. The van der Waals surface area contributed by atoms with Crippen LogP contribution in [0.15, 0.2) is 0 Å². The summed E-state index contributed by atoms with van der Waals surface area (Å²) in [5.41, 5.74) is 0.530. The summed E-state index contributed by atoms with van der Waals surface area (Å²) in [4.78, 5) is 0. The maximum Gasteiger partial charge on any atom is 0.0153 e. The molecule has 54 valence electrons. The topological polar surface area (TPSA) is 12.0 Å². The van der Waals surface area contributed by atoms with Gasteiger partial charge in [-0.3, -0.25) is 0 Å². The Kier molecular flexibility index (Phi) is 2.13. The summed E-state index contributed by atoms with van der Waals surface area (Å²) in [5, 5.41) is 3.48. The average Bonchev–Trinajstić information content (AvgIpc) is 2.08. The second-order valence-electron chi connectivity index (χ2n) is 3.48. The molecule has 0 aromatic heterocycles. The van der Waals surface area contributed by atoms with E-state index in [9.17, 15) is 0 Å². The summed E-state index contributed by atoms with van der Waals surface area (Å²) >= 11 is 0. The van der Waals surface area contributed by atoms with Crippen molar-refractivity contribution in [2.24, 2.45) is 5.41 Å². The van der Waals surface area contributed by atoms with Crippen LogP contribution in [0.3, 0.4) is 0 Å². The van der Waals surface area contributed by atoms with Gasteiger partial charge in [-0.25, -0.2) is 0 Å². The Morgan fingerprint density at radius 2 is 2.33 bits per heavy atom. The number of hydrogen-bond donors (Lipinski definition) is 1. The van der Waals surface area contributed by atoms with Crippen LogP contribution in [-0.4, -0.2) is 18.7 Å². The quantitative estimate of drug-likeness (QED) is 0.547. The van der Waals surface area contributed by atoms with Gasteiger partial charge in [0.2, 0.25) is 0 Å². The predicted molar refractivity (Wildman–Crippen MR) is 44.8 cm³/mol. The van der Waals surface area contributed by atoms with E-state index in [1.807, 2.05) is 0 Å². The lowest BCUT2D eigenvalue weighted by Crippen LogP contribution is -2.33. The van der Waals surface area contributed by atoms with Crippen LogP contribution in [-0.2, 0) is 0 Å². The molecule has 1 aliphatic rings. The van der Waals surface area contributed by atoms with Crippen LogP contribution in [0.5, 0.6) is 0 Å². The molecule has 0 saturated carbocycles. The Morgan fingerprint density at radius 3 is 2.56 bits per heavy atom. The molecule has 1 fully saturated rings. The molecule has 0 amide bonds. The molecule has 0 aromatic rings. The minimum atomic E-state index is 0.530. The summed E-state index contributed by atoms with van der Waals surface area (Å²) in [7, 11) is 2.80. The molecule has 2 heteroatoms. The first kappa shape index (κ1) is 7.50. The van der Waals surface area contributed by atoms with E-state index in [2.05, 4.69) is 28.4 Å². The monoisotopic (exact) mass is 145 g/mol.